The minimum Gasteiger partial charge on any atom is -0.489 e. The number of nitrogens with zero attached hydrogens (tertiary/aromatic N) is 5. The predicted molar refractivity (Wildman–Crippen MR) is 112 cm³/mol. The van der Waals surface area contributed by atoms with Gasteiger partial charge < -0.3 is 4.74 Å². The molecular formula is C23H19N5O2. The van der Waals surface area contributed by atoms with E-state index in [1.165, 1.54) is 4.80 Å². The summed E-state index contributed by atoms with van der Waals surface area (Å²) in [6, 6.07) is 26.8. The van der Waals surface area contributed by atoms with Gasteiger partial charge in [-0.05, 0) is 22.9 Å². The van der Waals surface area contributed by atoms with Gasteiger partial charge in [0.15, 0.2) is 0 Å². The number of carbonyl (C=O) groups is 1. The highest BCUT2D eigenvalue weighted by Gasteiger charge is 2.33. The van der Waals surface area contributed by atoms with Crippen molar-refractivity contribution in [1.29, 1.82) is 0 Å². The van der Waals surface area contributed by atoms with Gasteiger partial charge in [0.2, 0.25) is 5.82 Å². The number of tetrazole rings is 1. The molecule has 0 unspecified atom stereocenters. The van der Waals surface area contributed by atoms with Gasteiger partial charge in [0.1, 0.15) is 18.9 Å². The van der Waals surface area contributed by atoms with Crippen LogP contribution in [0.1, 0.15) is 11.6 Å². The van der Waals surface area contributed by atoms with Crippen molar-refractivity contribution in [2.24, 2.45) is 0 Å². The highest BCUT2D eigenvalue weighted by atomic mass is 16.5. The number of benzene rings is 3. The third kappa shape index (κ3) is 3.41. The van der Waals surface area contributed by atoms with Crippen molar-refractivity contribution in [2.75, 3.05) is 11.5 Å². The number of carbonyl (C=O) groups excluding carboxylic acids is 1. The Bertz CT molecular complexity index is 1160. The van der Waals surface area contributed by atoms with Gasteiger partial charge in [0.05, 0.1) is 11.7 Å². The van der Waals surface area contributed by atoms with Gasteiger partial charge in [0.25, 0.3) is 5.91 Å². The van der Waals surface area contributed by atoms with Gasteiger partial charge in [-0.25, -0.2) is 0 Å². The summed E-state index contributed by atoms with van der Waals surface area (Å²) in [7, 11) is 0. The van der Waals surface area contributed by atoms with Crippen molar-refractivity contribution >= 4 is 11.6 Å². The number of hydrogen-bond acceptors (Lipinski definition) is 5. The third-order valence-corrected chi connectivity index (χ3v) is 5.05. The summed E-state index contributed by atoms with van der Waals surface area (Å²) in [5.41, 5.74) is 2.61. The average Bonchev–Trinajstić information content (AvgIpc) is 3.28. The number of para-hydroxylation sites is 2. The minimum atomic E-state index is -0.231. The van der Waals surface area contributed by atoms with E-state index in [-0.39, 0.29) is 18.5 Å². The van der Waals surface area contributed by atoms with Gasteiger partial charge in [-0.2, -0.15) is 4.80 Å². The van der Waals surface area contributed by atoms with Crippen LogP contribution in [0.15, 0.2) is 84.9 Å². The summed E-state index contributed by atoms with van der Waals surface area (Å²) in [5.74, 6) is 1.05. The SMILES string of the molecule is O=C(Cn1nnc(-c2ccccc2)n1)N1c2ccccc2OC[C@@H]1c1ccccc1. The van der Waals surface area contributed by atoms with Crippen LogP contribution in [0.2, 0.25) is 0 Å². The second-order valence-corrected chi connectivity index (χ2v) is 6.98. The number of rotatable bonds is 4. The Labute approximate surface area is 173 Å². The van der Waals surface area contributed by atoms with Crippen molar-refractivity contribution < 1.29 is 9.53 Å². The van der Waals surface area contributed by atoms with Crippen LogP contribution in [0.25, 0.3) is 11.4 Å². The molecule has 1 aliphatic heterocycles. The summed E-state index contributed by atoms with van der Waals surface area (Å²) >= 11 is 0. The van der Waals surface area contributed by atoms with Crippen molar-refractivity contribution in [3.05, 3.63) is 90.5 Å². The smallest absolute Gasteiger partial charge is 0.251 e. The van der Waals surface area contributed by atoms with Gasteiger partial charge in [0, 0.05) is 5.56 Å². The average molecular weight is 397 g/mol. The minimum absolute atomic E-state index is 0.0164. The van der Waals surface area contributed by atoms with Gasteiger partial charge in [-0.1, -0.05) is 72.8 Å². The first-order chi connectivity index (χ1) is 14.8. The van der Waals surface area contributed by atoms with E-state index in [0.717, 1.165) is 16.8 Å². The van der Waals surface area contributed by atoms with Gasteiger partial charge >= 0.3 is 0 Å². The first kappa shape index (κ1) is 18.1. The summed E-state index contributed by atoms with van der Waals surface area (Å²) in [5, 5.41) is 12.6. The molecule has 0 saturated heterocycles. The molecule has 0 saturated carbocycles. The zero-order valence-corrected chi connectivity index (χ0v) is 16.1. The van der Waals surface area contributed by atoms with Crippen LogP contribution in [-0.4, -0.2) is 32.7 Å². The largest absolute Gasteiger partial charge is 0.489 e. The van der Waals surface area contributed by atoms with Crippen molar-refractivity contribution in [3.8, 4) is 17.1 Å². The first-order valence-corrected chi connectivity index (χ1v) is 9.71. The molecule has 0 bridgehead atoms. The van der Waals surface area contributed by atoms with Crippen molar-refractivity contribution in [2.45, 2.75) is 12.6 Å². The number of ether oxygens (including phenoxy) is 1. The molecule has 1 aromatic heterocycles. The number of anilines is 1. The van der Waals surface area contributed by atoms with E-state index < -0.39 is 0 Å². The molecule has 1 aliphatic rings. The first-order valence-electron chi connectivity index (χ1n) is 9.71. The van der Waals surface area contributed by atoms with Crippen LogP contribution < -0.4 is 9.64 Å². The zero-order valence-electron chi connectivity index (χ0n) is 16.1. The van der Waals surface area contributed by atoms with Crippen LogP contribution in [0.4, 0.5) is 5.69 Å². The molecule has 7 heteroatoms. The van der Waals surface area contributed by atoms with Crippen molar-refractivity contribution in [3.63, 3.8) is 0 Å². The number of amides is 1. The lowest BCUT2D eigenvalue weighted by Gasteiger charge is -2.37. The van der Waals surface area contributed by atoms with E-state index in [1.807, 2.05) is 84.9 Å². The van der Waals surface area contributed by atoms with Gasteiger partial charge in [-0.3, -0.25) is 9.69 Å². The number of fused-ring (bicyclic) bond motifs is 1. The van der Waals surface area contributed by atoms with Crippen LogP contribution in [0.5, 0.6) is 5.75 Å². The summed E-state index contributed by atoms with van der Waals surface area (Å²) in [4.78, 5) is 16.5. The third-order valence-electron chi connectivity index (χ3n) is 5.05. The Morgan fingerprint density at radius 3 is 2.43 bits per heavy atom. The zero-order chi connectivity index (χ0) is 20.3. The molecule has 0 radical (unpaired) electrons. The monoisotopic (exact) mass is 397 g/mol. The van der Waals surface area contributed by atoms with E-state index in [9.17, 15) is 4.79 Å². The summed E-state index contributed by atoms with van der Waals surface area (Å²) in [6.07, 6.45) is 0. The van der Waals surface area contributed by atoms with E-state index in [1.54, 1.807) is 4.90 Å². The molecule has 1 amide bonds. The molecule has 4 aromatic rings. The fraction of sp³-hybridized carbons (Fsp3) is 0.130. The Morgan fingerprint density at radius 1 is 0.933 bits per heavy atom. The van der Waals surface area contributed by atoms with Crippen LogP contribution in [-0.2, 0) is 11.3 Å². The van der Waals surface area contributed by atoms with Crippen LogP contribution in [0.3, 0.4) is 0 Å². The van der Waals surface area contributed by atoms with Crippen LogP contribution >= 0.6 is 0 Å². The molecular weight excluding hydrogens is 378 g/mol. The number of aromatic nitrogens is 4. The van der Waals surface area contributed by atoms with Gasteiger partial charge in [-0.15, -0.1) is 10.2 Å². The molecule has 0 N–H and O–H groups in total. The second kappa shape index (κ2) is 7.79. The summed E-state index contributed by atoms with van der Waals surface area (Å²) < 4.78 is 5.94. The normalized spacial score (nSPS) is 15.3. The molecule has 0 fully saturated rings. The van der Waals surface area contributed by atoms with E-state index >= 15 is 0 Å². The molecule has 3 aromatic carbocycles. The van der Waals surface area contributed by atoms with E-state index in [0.29, 0.717) is 18.2 Å². The lowest BCUT2D eigenvalue weighted by Crippen LogP contribution is -2.43. The van der Waals surface area contributed by atoms with E-state index in [2.05, 4.69) is 15.4 Å². The highest BCUT2D eigenvalue weighted by Crippen LogP contribution is 2.39. The van der Waals surface area contributed by atoms with Crippen molar-refractivity contribution in [1.82, 2.24) is 20.2 Å². The quantitative estimate of drug-likeness (QED) is 0.527. The molecule has 5 rings (SSSR count). The van der Waals surface area contributed by atoms with Crippen LogP contribution in [0, 0.1) is 0 Å². The maximum absolute atomic E-state index is 13.4. The molecule has 2 heterocycles. The lowest BCUT2D eigenvalue weighted by atomic mass is 10.0. The van der Waals surface area contributed by atoms with E-state index in [4.69, 9.17) is 4.74 Å². The number of hydrogen-bond donors (Lipinski definition) is 0. The standard InChI is InChI=1S/C23H19N5O2/c29-22(15-27-25-23(24-26-27)18-11-5-2-6-12-18)28-19-13-7-8-14-21(19)30-16-20(28)17-9-3-1-4-10-17/h1-14,20H,15-16H2/t20-/m1/s1. The maximum Gasteiger partial charge on any atom is 0.251 e. The summed E-state index contributed by atoms with van der Waals surface area (Å²) in [6.45, 7) is 0.365. The lowest BCUT2D eigenvalue weighted by molar-refractivity contribution is -0.120. The Hall–Kier alpha value is -4.00. The maximum atomic E-state index is 13.4. The molecule has 1 atom stereocenters. The molecule has 7 nitrogen and oxygen atoms in total. The fourth-order valence-electron chi connectivity index (χ4n) is 3.63. The molecule has 30 heavy (non-hydrogen) atoms. The topological polar surface area (TPSA) is 73.1 Å². The molecule has 0 spiro atoms. The second-order valence-electron chi connectivity index (χ2n) is 6.98. The Balaban J connectivity index is 1.45. The Kier molecular flexibility index (Phi) is 4.69. The Morgan fingerprint density at radius 2 is 1.63 bits per heavy atom. The molecule has 148 valence electrons. The predicted octanol–water partition coefficient (Wildman–Crippen LogP) is 3.51. The molecule has 0 aliphatic carbocycles. The fourth-order valence-corrected chi connectivity index (χ4v) is 3.63. The highest BCUT2D eigenvalue weighted by molar-refractivity contribution is 5.96.